The highest BCUT2D eigenvalue weighted by atomic mass is 16.7. The first kappa shape index (κ1) is 28.2. The summed E-state index contributed by atoms with van der Waals surface area (Å²) in [5.41, 5.74) is 1.70. The number of ether oxygens (including phenoxy) is 1. The Labute approximate surface area is 221 Å². The van der Waals surface area contributed by atoms with Crippen LogP contribution < -0.4 is 5.32 Å². The maximum Gasteiger partial charge on any atom is 0.433 e. The van der Waals surface area contributed by atoms with E-state index in [2.05, 4.69) is 38.2 Å². The molecule has 198 valence electrons. The molecule has 6 heteroatoms. The van der Waals surface area contributed by atoms with Gasteiger partial charge in [0.2, 0.25) is 5.78 Å². The minimum Gasteiger partial charge on any atom is -0.472 e. The van der Waals surface area contributed by atoms with Gasteiger partial charge in [0.25, 0.3) is 0 Å². The molecule has 1 aliphatic rings. The second kappa shape index (κ2) is 12.7. The summed E-state index contributed by atoms with van der Waals surface area (Å²) in [7, 11) is 0. The van der Waals surface area contributed by atoms with Gasteiger partial charge in [-0.05, 0) is 24.3 Å². The highest BCUT2D eigenvalue weighted by Crippen LogP contribution is 2.37. The second-order valence-electron chi connectivity index (χ2n) is 10.7. The molecule has 0 radical (unpaired) electrons. The van der Waals surface area contributed by atoms with Crippen molar-refractivity contribution < 1.29 is 19.2 Å². The van der Waals surface area contributed by atoms with E-state index in [0.29, 0.717) is 17.8 Å². The molecule has 1 amide bonds. The maximum absolute atomic E-state index is 13.2. The summed E-state index contributed by atoms with van der Waals surface area (Å²) >= 11 is 0. The fourth-order valence-electron chi connectivity index (χ4n) is 4.21. The molecule has 3 rings (SSSR count). The minimum absolute atomic E-state index is 0.00346. The van der Waals surface area contributed by atoms with Crippen LogP contribution in [0, 0.1) is 0 Å². The van der Waals surface area contributed by atoms with E-state index in [1.165, 1.54) is 30.9 Å². The second-order valence-corrected chi connectivity index (χ2v) is 10.7. The van der Waals surface area contributed by atoms with Gasteiger partial charge < -0.3 is 10.1 Å². The summed E-state index contributed by atoms with van der Waals surface area (Å²) in [5, 5.41) is 6.86. The average Bonchev–Trinajstić information content (AvgIpc) is 3.18. The lowest BCUT2D eigenvalue weighted by molar-refractivity contribution is -0.128. The zero-order chi connectivity index (χ0) is 26.9. The van der Waals surface area contributed by atoms with Crippen molar-refractivity contribution in [3.05, 3.63) is 83.1 Å². The van der Waals surface area contributed by atoms with Crippen LogP contribution in [0.1, 0.15) is 89.8 Å². The number of ketones is 1. The number of carbonyl (C=O) groups is 2. The van der Waals surface area contributed by atoms with E-state index in [1.807, 2.05) is 54.6 Å². The van der Waals surface area contributed by atoms with E-state index >= 15 is 0 Å². The number of amides is 1. The lowest BCUT2D eigenvalue weighted by Crippen LogP contribution is -2.30. The molecule has 1 atom stereocenters. The number of hydrogen-bond donors (Lipinski definition) is 1. The lowest BCUT2D eigenvalue weighted by Gasteiger charge is -2.26. The Hall–Kier alpha value is -3.41. The minimum atomic E-state index is -1.19. The van der Waals surface area contributed by atoms with Crippen LogP contribution in [-0.2, 0) is 25.4 Å². The van der Waals surface area contributed by atoms with E-state index in [4.69, 9.17) is 9.57 Å². The van der Waals surface area contributed by atoms with Crippen molar-refractivity contribution in [1.29, 1.82) is 0 Å². The summed E-state index contributed by atoms with van der Waals surface area (Å²) in [6, 6.07) is 17.2. The van der Waals surface area contributed by atoms with Crippen LogP contribution in [0.15, 0.2) is 71.6 Å². The number of benzene rings is 2. The first-order valence-corrected chi connectivity index (χ1v) is 13.3. The van der Waals surface area contributed by atoms with Gasteiger partial charge in [-0.15, -0.1) is 0 Å². The fraction of sp³-hybridized carbons (Fsp3) is 0.452. The van der Waals surface area contributed by atoms with Gasteiger partial charge in [0, 0.05) is 23.7 Å². The van der Waals surface area contributed by atoms with Gasteiger partial charge in [0.15, 0.2) is 17.1 Å². The number of nitrogens with zero attached hydrogens (tertiary/aromatic N) is 1. The summed E-state index contributed by atoms with van der Waals surface area (Å²) in [6.07, 6.45) is 7.60. The van der Waals surface area contributed by atoms with Crippen LogP contribution in [-0.4, -0.2) is 24.1 Å². The largest absolute Gasteiger partial charge is 0.472 e. The molecule has 1 heterocycles. The van der Waals surface area contributed by atoms with E-state index in [1.54, 1.807) is 6.92 Å². The van der Waals surface area contributed by atoms with Crippen molar-refractivity contribution in [1.82, 2.24) is 5.32 Å². The SMILES string of the molecule is CCCCCCCCNC(=O)O/N=C(\C1=CC(=O)C(C)(c2ccc(C(C)(C)C)cc2)O1)c1ccccc1. The Bertz CT molecular complexity index is 1110. The number of nitrogens with one attached hydrogen (secondary N) is 1. The molecule has 37 heavy (non-hydrogen) atoms. The molecule has 6 nitrogen and oxygen atoms in total. The lowest BCUT2D eigenvalue weighted by atomic mass is 9.84. The Morgan fingerprint density at radius 2 is 1.62 bits per heavy atom. The Morgan fingerprint density at radius 1 is 0.973 bits per heavy atom. The van der Waals surface area contributed by atoms with Gasteiger partial charge in [-0.1, -0.05) is 120 Å². The number of oxime groups is 1. The van der Waals surface area contributed by atoms with Crippen LogP contribution in [0.4, 0.5) is 4.79 Å². The van der Waals surface area contributed by atoms with Crippen LogP contribution in [0.25, 0.3) is 0 Å². The molecular formula is C31H40N2O4. The van der Waals surface area contributed by atoms with Crippen molar-refractivity contribution in [3.8, 4) is 0 Å². The molecule has 0 saturated carbocycles. The van der Waals surface area contributed by atoms with Crippen LogP contribution >= 0.6 is 0 Å². The van der Waals surface area contributed by atoms with E-state index < -0.39 is 11.7 Å². The molecule has 1 aliphatic heterocycles. The highest BCUT2D eigenvalue weighted by molar-refractivity contribution is 6.16. The number of allylic oxidation sites excluding steroid dienone is 1. The zero-order valence-electron chi connectivity index (χ0n) is 22.8. The fourth-order valence-corrected chi connectivity index (χ4v) is 4.21. The standard InChI is InChI=1S/C31H40N2O4/c1-6-7-8-9-10-14-21-32-29(35)37-33-28(23-15-12-11-13-16-23)26-22-27(34)31(5,36-26)25-19-17-24(18-20-25)30(2,3)4/h11-13,15-20,22H,6-10,14,21H2,1-5H3,(H,32,35)/b33-28-. The van der Waals surface area contributed by atoms with Crippen LogP contribution in [0.2, 0.25) is 0 Å². The van der Waals surface area contributed by atoms with E-state index in [9.17, 15) is 9.59 Å². The van der Waals surface area contributed by atoms with Gasteiger partial charge in [-0.25, -0.2) is 4.79 Å². The van der Waals surface area contributed by atoms with Crippen LogP contribution in [0.3, 0.4) is 0 Å². The molecule has 1 unspecified atom stereocenters. The molecular weight excluding hydrogens is 464 g/mol. The van der Waals surface area contributed by atoms with Crippen LogP contribution in [0.5, 0.6) is 0 Å². The van der Waals surface area contributed by atoms with Gasteiger partial charge in [-0.2, -0.15) is 0 Å². The van der Waals surface area contributed by atoms with E-state index in [0.717, 1.165) is 24.8 Å². The number of rotatable bonds is 11. The van der Waals surface area contributed by atoms with Crippen molar-refractivity contribution in [2.24, 2.45) is 5.16 Å². The number of hydrogen-bond acceptors (Lipinski definition) is 5. The predicted octanol–water partition coefficient (Wildman–Crippen LogP) is 7.17. The zero-order valence-corrected chi connectivity index (χ0v) is 22.8. The van der Waals surface area contributed by atoms with Gasteiger partial charge >= 0.3 is 6.09 Å². The summed E-state index contributed by atoms with van der Waals surface area (Å²) in [6.45, 7) is 10.9. The molecule has 1 N–H and O–H groups in total. The molecule has 0 spiro atoms. The molecule has 0 aliphatic carbocycles. The predicted molar refractivity (Wildman–Crippen MR) is 148 cm³/mol. The number of unbranched alkanes of at least 4 members (excludes halogenated alkanes) is 5. The molecule has 0 saturated heterocycles. The third-order valence-electron chi connectivity index (χ3n) is 6.65. The molecule has 2 aromatic rings. The highest BCUT2D eigenvalue weighted by Gasteiger charge is 2.43. The summed E-state index contributed by atoms with van der Waals surface area (Å²) < 4.78 is 6.24. The number of carbonyl (C=O) groups excluding carboxylic acids is 2. The van der Waals surface area contributed by atoms with Gasteiger partial charge in [0.05, 0.1) is 0 Å². The normalized spacial score (nSPS) is 17.8. The van der Waals surface area contributed by atoms with Crippen molar-refractivity contribution in [2.45, 2.75) is 84.2 Å². The average molecular weight is 505 g/mol. The third kappa shape index (κ3) is 7.54. The quantitative estimate of drug-likeness (QED) is 0.152. The van der Waals surface area contributed by atoms with Crippen molar-refractivity contribution >= 4 is 17.6 Å². The Morgan fingerprint density at radius 3 is 2.27 bits per heavy atom. The van der Waals surface area contributed by atoms with Crippen molar-refractivity contribution in [2.75, 3.05) is 6.54 Å². The topological polar surface area (TPSA) is 77.0 Å². The summed E-state index contributed by atoms with van der Waals surface area (Å²) in [5.74, 6) is 0.0736. The third-order valence-corrected chi connectivity index (χ3v) is 6.65. The van der Waals surface area contributed by atoms with Crippen molar-refractivity contribution in [3.63, 3.8) is 0 Å². The molecule has 2 aromatic carbocycles. The monoisotopic (exact) mass is 504 g/mol. The first-order valence-electron chi connectivity index (χ1n) is 13.3. The Balaban J connectivity index is 1.71. The first-order chi connectivity index (χ1) is 17.6. The van der Waals surface area contributed by atoms with E-state index in [-0.39, 0.29) is 17.0 Å². The molecule has 0 fully saturated rings. The maximum atomic E-state index is 13.2. The Kier molecular flexibility index (Phi) is 9.67. The van der Waals surface area contributed by atoms with Gasteiger partial charge in [-0.3, -0.25) is 9.63 Å². The van der Waals surface area contributed by atoms with Gasteiger partial charge in [0.1, 0.15) is 0 Å². The smallest absolute Gasteiger partial charge is 0.433 e. The molecule has 0 bridgehead atoms. The molecule has 0 aromatic heterocycles. The summed E-state index contributed by atoms with van der Waals surface area (Å²) in [4.78, 5) is 30.6.